The van der Waals surface area contributed by atoms with Crippen molar-refractivity contribution < 1.29 is 24.3 Å². The molecule has 0 bridgehead atoms. The first-order chi connectivity index (χ1) is 11.5. The van der Waals surface area contributed by atoms with E-state index in [0.29, 0.717) is 17.7 Å². The number of quaternary nitrogens is 1. The lowest BCUT2D eigenvalue weighted by Crippen LogP contribution is -3.04. The fourth-order valence-corrected chi connectivity index (χ4v) is 2.92. The Hall–Kier alpha value is -2.50. The second-order valence-corrected chi connectivity index (χ2v) is 6.19. The summed E-state index contributed by atoms with van der Waals surface area (Å²) in [5.41, 5.74) is 2.84. The number of nitrogens with one attached hydrogen (secondary N) is 1. The number of ether oxygens (including phenoxy) is 1. The van der Waals surface area contributed by atoms with Crippen molar-refractivity contribution in [2.24, 2.45) is 0 Å². The van der Waals surface area contributed by atoms with Crippen molar-refractivity contribution in [2.75, 3.05) is 21.2 Å². The van der Waals surface area contributed by atoms with Gasteiger partial charge in [0.15, 0.2) is 0 Å². The molecule has 0 saturated heterocycles. The first-order valence-electron chi connectivity index (χ1n) is 7.84. The summed E-state index contributed by atoms with van der Waals surface area (Å²) in [5.74, 6) is 0.950. The van der Waals surface area contributed by atoms with Crippen molar-refractivity contribution in [2.45, 2.75) is 12.6 Å². The lowest BCUT2D eigenvalue weighted by Gasteiger charge is -2.14. The van der Waals surface area contributed by atoms with Crippen molar-refractivity contribution in [1.29, 1.82) is 0 Å². The molecule has 1 heterocycles. The zero-order chi connectivity index (χ0) is 17.3. The molecule has 24 heavy (non-hydrogen) atoms. The monoisotopic (exact) mass is 328 g/mol. The van der Waals surface area contributed by atoms with Crippen LogP contribution in [0.2, 0.25) is 0 Å². The molecule has 0 spiro atoms. The lowest BCUT2D eigenvalue weighted by molar-refractivity contribution is -0.872. The molecule has 0 unspecified atom stereocenters. The van der Waals surface area contributed by atoms with E-state index in [9.17, 15) is 10.2 Å². The number of phenolic OH excluding ortho intramolecular Hbond substituents is 1. The van der Waals surface area contributed by atoms with E-state index in [2.05, 4.69) is 0 Å². The van der Waals surface area contributed by atoms with Gasteiger partial charge in [0, 0.05) is 10.9 Å². The van der Waals surface area contributed by atoms with Crippen LogP contribution in [-0.2, 0) is 6.54 Å². The fourth-order valence-electron chi connectivity index (χ4n) is 2.92. The number of methoxy groups -OCH3 is 1. The minimum absolute atomic E-state index is 0.216. The molecule has 0 saturated carbocycles. The van der Waals surface area contributed by atoms with Crippen molar-refractivity contribution in [3.8, 4) is 11.5 Å². The summed E-state index contributed by atoms with van der Waals surface area (Å²) in [4.78, 5) is 1.17. The smallest absolute Gasteiger partial charge is 0.135 e. The maximum absolute atomic E-state index is 10.8. The molecule has 3 aromatic rings. The van der Waals surface area contributed by atoms with E-state index in [-0.39, 0.29) is 5.75 Å². The summed E-state index contributed by atoms with van der Waals surface area (Å²) < 4.78 is 10.8. The van der Waals surface area contributed by atoms with Gasteiger partial charge in [0.05, 0.1) is 33.0 Å². The largest absolute Gasteiger partial charge is 0.507 e. The Morgan fingerprint density at radius 2 is 1.83 bits per heavy atom. The average Bonchev–Trinajstić information content (AvgIpc) is 3.01. The number of benzene rings is 2. The molecule has 126 valence electrons. The Labute approximate surface area is 140 Å². The van der Waals surface area contributed by atoms with E-state index >= 15 is 0 Å². The molecule has 1 atom stereocenters. The molecule has 5 nitrogen and oxygen atoms in total. The van der Waals surface area contributed by atoms with Gasteiger partial charge in [-0.05, 0) is 29.8 Å². The highest BCUT2D eigenvalue weighted by Crippen LogP contribution is 2.36. The molecule has 0 aliphatic heterocycles. The van der Waals surface area contributed by atoms with E-state index in [0.717, 1.165) is 22.3 Å². The fraction of sp³-hybridized carbons (Fsp3) is 0.263. The molecule has 5 heteroatoms. The van der Waals surface area contributed by atoms with E-state index in [4.69, 9.17) is 9.15 Å². The molecule has 0 aliphatic carbocycles. The highest BCUT2D eigenvalue weighted by atomic mass is 16.5. The molecule has 0 amide bonds. The average molecular weight is 328 g/mol. The van der Waals surface area contributed by atoms with Gasteiger partial charge in [0.2, 0.25) is 0 Å². The summed E-state index contributed by atoms with van der Waals surface area (Å²) in [5, 5.41) is 21.8. The predicted molar refractivity (Wildman–Crippen MR) is 91.4 cm³/mol. The molecule has 2 aromatic carbocycles. The highest BCUT2D eigenvalue weighted by Gasteiger charge is 2.22. The molecule has 0 fully saturated rings. The normalized spacial score (nSPS) is 12.7. The summed E-state index contributed by atoms with van der Waals surface area (Å²) in [6.45, 7) is 0.630. The zero-order valence-electron chi connectivity index (χ0n) is 14.0. The van der Waals surface area contributed by atoms with Gasteiger partial charge in [0.25, 0.3) is 0 Å². The van der Waals surface area contributed by atoms with Crippen LogP contribution in [0.25, 0.3) is 11.0 Å². The molecule has 3 N–H and O–H groups in total. The number of aliphatic hydroxyl groups is 1. The third-order valence-electron chi connectivity index (χ3n) is 4.11. The number of hydrogen-bond donors (Lipinski definition) is 3. The summed E-state index contributed by atoms with van der Waals surface area (Å²) >= 11 is 0. The lowest BCUT2D eigenvalue weighted by atomic mass is 9.97. The van der Waals surface area contributed by atoms with Crippen molar-refractivity contribution >= 4 is 11.0 Å². The van der Waals surface area contributed by atoms with Crippen LogP contribution < -0.4 is 9.64 Å². The topological polar surface area (TPSA) is 67.3 Å². The predicted octanol–water partition coefficient (Wildman–Crippen LogP) is 1.87. The van der Waals surface area contributed by atoms with Gasteiger partial charge in [-0.2, -0.15) is 0 Å². The molecule has 1 aromatic heterocycles. The Bertz CT molecular complexity index is 836. The van der Waals surface area contributed by atoms with Crippen LogP contribution in [-0.4, -0.2) is 31.4 Å². The molecular formula is C19H22NO4+. The van der Waals surface area contributed by atoms with E-state index in [1.807, 2.05) is 38.4 Å². The number of fused-ring (bicyclic) bond motifs is 1. The van der Waals surface area contributed by atoms with Crippen molar-refractivity contribution in [3.05, 3.63) is 59.4 Å². The maximum Gasteiger partial charge on any atom is 0.135 e. The van der Waals surface area contributed by atoms with Gasteiger partial charge >= 0.3 is 0 Å². The van der Waals surface area contributed by atoms with E-state index < -0.39 is 6.10 Å². The molecule has 0 aliphatic rings. The Kier molecular flexibility index (Phi) is 4.46. The van der Waals surface area contributed by atoms with Crippen LogP contribution in [0.4, 0.5) is 0 Å². The Morgan fingerprint density at radius 3 is 2.46 bits per heavy atom. The number of hydrogen-bond acceptors (Lipinski definition) is 4. The first kappa shape index (κ1) is 16.4. The molecule has 0 radical (unpaired) electrons. The minimum atomic E-state index is -0.838. The second-order valence-electron chi connectivity index (χ2n) is 6.19. The van der Waals surface area contributed by atoms with Gasteiger partial charge in [-0.25, -0.2) is 0 Å². The van der Waals surface area contributed by atoms with Crippen LogP contribution in [0.1, 0.15) is 22.8 Å². The van der Waals surface area contributed by atoms with Crippen LogP contribution >= 0.6 is 0 Å². The SMILES string of the molecule is COc1ccc([C@@H](O)c2coc3ccc(O)c(C[NH+](C)C)c23)cc1. The Balaban J connectivity index is 2.09. The zero-order valence-corrected chi connectivity index (χ0v) is 14.0. The molecule has 3 rings (SSSR count). The van der Waals surface area contributed by atoms with E-state index in [1.165, 1.54) is 4.90 Å². The maximum atomic E-state index is 10.8. The van der Waals surface area contributed by atoms with Crippen LogP contribution in [0.5, 0.6) is 11.5 Å². The first-order valence-corrected chi connectivity index (χ1v) is 7.84. The van der Waals surface area contributed by atoms with Crippen LogP contribution in [0, 0.1) is 0 Å². The molecular weight excluding hydrogens is 306 g/mol. The number of furan rings is 1. The minimum Gasteiger partial charge on any atom is -0.507 e. The number of rotatable bonds is 5. The summed E-state index contributed by atoms with van der Waals surface area (Å²) in [6.07, 6.45) is 0.725. The Morgan fingerprint density at radius 1 is 1.12 bits per heavy atom. The van der Waals surface area contributed by atoms with Gasteiger partial charge in [0.1, 0.15) is 29.7 Å². The quantitative estimate of drug-likeness (QED) is 0.669. The number of phenols is 1. The standard InChI is InChI=1S/C19H21NO4/c1-20(2)10-14-16(21)8-9-17-18(14)15(11-24-17)19(22)12-4-6-13(23-3)7-5-12/h4-9,11,19,21-22H,10H2,1-3H3/p+1/t19-/m1/s1. The summed E-state index contributed by atoms with van der Waals surface area (Å²) in [7, 11) is 5.63. The van der Waals surface area contributed by atoms with Gasteiger partial charge in [-0.15, -0.1) is 0 Å². The summed E-state index contributed by atoms with van der Waals surface area (Å²) in [6, 6.07) is 10.6. The van der Waals surface area contributed by atoms with Crippen molar-refractivity contribution in [3.63, 3.8) is 0 Å². The van der Waals surface area contributed by atoms with Crippen LogP contribution in [0.15, 0.2) is 47.1 Å². The third-order valence-corrected chi connectivity index (χ3v) is 4.11. The third kappa shape index (κ3) is 2.96. The van der Waals surface area contributed by atoms with E-state index in [1.54, 1.807) is 25.5 Å². The highest BCUT2D eigenvalue weighted by molar-refractivity contribution is 5.87. The van der Waals surface area contributed by atoms with Crippen LogP contribution in [0.3, 0.4) is 0 Å². The van der Waals surface area contributed by atoms with Crippen molar-refractivity contribution in [1.82, 2.24) is 0 Å². The van der Waals surface area contributed by atoms with Gasteiger partial charge in [-0.3, -0.25) is 0 Å². The van der Waals surface area contributed by atoms with Gasteiger partial charge in [-0.1, -0.05) is 12.1 Å². The number of aromatic hydroxyl groups is 1. The second kappa shape index (κ2) is 6.55. The number of aliphatic hydroxyl groups excluding tert-OH is 1. The van der Waals surface area contributed by atoms with Gasteiger partial charge < -0.3 is 24.3 Å².